The summed E-state index contributed by atoms with van der Waals surface area (Å²) in [5.74, 6) is -0.329. The second-order valence-corrected chi connectivity index (χ2v) is 12.0. The van der Waals surface area contributed by atoms with E-state index < -0.39 is 5.97 Å². The Labute approximate surface area is 289 Å². The molecule has 2 heterocycles. The van der Waals surface area contributed by atoms with Crippen LogP contribution in [0.4, 0.5) is 0 Å². The van der Waals surface area contributed by atoms with Gasteiger partial charge in [0.25, 0.3) is 0 Å². The monoisotopic (exact) mass is 730 g/mol. The van der Waals surface area contributed by atoms with E-state index in [-0.39, 0.29) is 18.3 Å². The minimum absolute atomic E-state index is 0.0571. The standard InChI is InChI=1S/C17H13NO3S.C12H10O.C7H8BrNO2S/c19-17(20)15-11-22-16(18-15)10-21-14-8-4-7-13(9-14)12-5-2-1-3-6-12;13-12-8-4-7-11(9-12)10-5-2-1-3-6-10;1-2-11-7(10)5-4-12-6(3-8)9-5/h1-9,11H,10H2,(H,19,20);1-9,13H;4H,2-3H2,1H3. The van der Waals surface area contributed by atoms with Gasteiger partial charge in [0, 0.05) is 10.8 Å². The van der Waals surface area contributed by atoms with Gasteiger partial charge in [-0.2, -0.15) is 0 Å². The fourth-order valence-electron chi connectivity index (χ4n) is 4.00. The molecule has 11 heteroatoms. The number of hydrogen-bond donors (Lipinski definition) is 2. The number of carboxylic acids is 1. The molecule has 0 saturated carbocycles. The summed E-state index contributed by atoms with van der Waals surface area (Å²) < 4.78 is 10.5. The number of rotatable bonds is 9. The maximum atomic E-state index is 11.1. The molecule has 0 atom stereocenters. The molecule has 0 spiro atoms. The van der Waals surface area contributed by atoms with Crippen LogP contribution in [0.5, 0.6) is 11.5 Å². The molecule has 6 rings (SSSR count). The molecule has 2 N–H and O–H groups in total. The lowest BCUT2D eigenvalue weighted by molar-refractivity contribution is 0.0519. The maximum absolute atomic E-state index is 11.1. The highest BCUT2D eigenvalue weighted by atomic mass is 79.9. The second-order valence-electron chi connectivity index (χ2n) is 9.51. The number of carbonyl (C=O) groups is 2. The first-order chi connectivity index (χ1) is 22.9. The molecule has 6 aromatic rings. The second kappa shape index (κ2) is 18.3. The Morgan fingerprint density at radius 3 is 1.83 bits per heavy atom. The van der Waals surface area contributed by atoms with Crippen LogP contribution in [-0.2, 0) is 16.7 Å². The minimum atomic E-state index is -1.02. The van der Waals surface area contributed by atoms with Gasteiger partial charge in [-0.3, -0.25) is 0 Å². The van der Waals surface area contributed by atoms with E-state index in [1.807, 2.05) is 97.1 Å². The van der Waals surface area contributed by atoms with Crippen molar-refractivity contribution in [1.82, 2.24) is 9.97 Å². The zero-order valence-electron chi connectivity index (χ0n) is 25.3. The van der Waals surface area contributed by atoms with Gasteiger partial charge in [0.2, 0.25) is 0 Å². The molecule has 0 radical (unpaired) electrons. The van der Waals surface area contributed by atoms with Crippen LogP contribution in [0.15, 0.2) is 120 Å². The first-order valence-electron chi connectivity index (χ1n) is 14.3. The molecule has 0 amide bonds. The van der Waals surface area contributed by atoms with Crippen LogP contribution in [0.3, 0.4) is 0 Å². The summed E-state index contributed by atoms with van der Waals surface area (Å²) in [6.07, 6.45) is 0. The number of phenols is 1. The highest BCUT2D eigenvalue weighted by Crippen LogP contribution is 2.25. The van der Waals surface area contributed by atoms with E-state index in [9.17, 15) is 14.7 Å². The predicted octanol–water partition coefficient (Wildman–Crippen LogP) is 9.36. The number of hydrogen-bond acceptors (Lipinski definition) is 9. The number of aromatic hydroxyl groups is 1. The number of benzene rings is 4. The van der Waals surface area contributed by atoms with E-state index in [1.54, 1.807) is 24.4 Å². The Balaban J connectivity index is 0.000000171. The van der Waals surface area contributed by atoms with Crippen LogP contribution >= 0.6 is 38.6 Å². The van der Waals surface area contributed by atoms with E-state index in [4.69, 9.17) is 14.6 Å². The summed E-state index contributed by atoms with van der Waals surface area (Å²) in [7, 11) is 0. The number of alkyl halides is 1. The number of esters is 1. The van der Waals surface area contributed by atoms with Crippen LogP contribution in [0.1, 0.15) is 37.9 Å². The third-order valence-electron chi connectivity index (χ3n) is 6.18. The number of carboxylic acid groups (broad SMARTS) is 1. The number of carbonyl (C=O) groups excluding carboxylic acids is 1. The summed E-state index contributed by atoms with van der Waals surface area (Å²) >= 11 is 5.98. The van der Waals surface area contributed by atoms with Crippen molar-refractivity contribution in [2.75, 3.05) is 6.61 Å². The third-order valence-corrected chi connectivity index (χ3v) is 8.75. The Morgan fingerprint density at radius 1 is 0.723 bits per heavy atom. The average Bonchev–Trinajstić information content (AvgIpc) is 3.80. The fraction of sp³-hybridized carbons (Fsp3) is 0.111. The van der Waals surface area contributed by atoms with Gasteiger partial charge in [0.05, 0.1) is 11.9 Å². The van der Waals surface area contributed by atoms with Crippen LogP contribution < -0.4 is 4.74 Å². The molecule has 0 saturated heterocycles. The van der Waals surface area contributed by atoms with E-state index >= 15 is 0 Å². The fourth-order valence-corrected chi connectivity index (χ4v) is 5.82. The molecule has 8 nitrogen and oxygen atoms in total. The lowest BCUT2D eigenvalue weighted by Gasteiger charge is -2.07. The van der Waals surface area contributed by atoms with Gasteiger partial charge < -0.3 is 19.7 Å². The van der Waals surface area contributed by atoms with Gasteiger partial charge >= 0.3 is 11.9 Å². The summed E-state index contributed by atoms with van der Waals surface area (Å²) in [5, 5.41) is 23.5. The van der Waals surface area contributed by atoms with Gasteiger partial charge in [-0.25, -0.2) is 19.6 Å². The molecule has 47 heavy (non-hydrogen) atoms. The quantitative estimate of drug-likeness (QED) is 0.112. The molecule has 0 unspecified atom stereocenters. The van der Waals surface area contributed by atoms with Gasteiger partial charge in [0.15, 0.2) is 11.4 Å². The van der Waals surface area contributed by atoms with Crippen molar-refractivity contribution < 1.29 is 29.3 Å². The van der Waals surface area contributed by atoms with E-state index in [2.05, 4.69) is 25.9 Å². The van der Waals surface area contributed by atoms with Crippen molar-refractivity contribution in [3.05, 3.63) is 141 Å². The normalized spacial score (nSPS) is 10.1. The molecular formula is C36H31BrN2O6S2. The van der Waals surface area contributed by atoms with E-state index in [0.717, 1.165) is 33.0 Å². The van der Waals surface area contributed by atoms with Gasteiger partial charge in [-0.1, -0.05) is 101 Å². The highest BCUT2D eigenvalue weighted by Gasteiger charge is 2.11. The smallest absolute Gasteiger partial charge is 0.357 e. The number of aromatic nitrogens is 2. The maximum Gasteiger partial charge on any atom is 0.357 e. The molecule has 0 aliphatic rings. The topological polar surface area (TPSA) is 119 Å². The predicted molar refractivity (Wildman–Crippen MR) is 190 cm³/mol. The Bertz CT molecular complexity index is 1860. The first kappa shape index (κ1) is 35.0. The lowest BCUT2D eigenvalue weighted by Crippen LogP contribution is -2.04. The van der Waals surface area contributed by atoms with Crippen molar-refractivity contribution in [3.8, 4) is 33.8 Å². The summed E-state index contributed by atoms with van der Waals surface area (Å²) in [4.78, 5) is 29.9. The minimum Gasteiger partial charge on any atom is -0.508 e. The Kier molecular flexibility index (Phi) is 13.7. The molecule has 2 aromatic heterocycles. The van der Waals surface area contributed by atoms with Crippen LogP contribution in [0.25, 0.3) is 22.3 Å². The van der Waals surface area contributed by atoms with Crippen LogP contribution in [0, 0.1) is 0 Å². The van der Waals surface area contributed by atoms with Crippen LogP contribution in [-0.4, -0.2) is 38.7 Å². The van der Waals surface area contributed by atoms with Crippen LogP contribution in [0.2, 0.25) is 0 Å². The lowest BCUT2D eigenvalue weighted by atomic mass is 10.1. The number of nitrogens with zero attached hydrogens (tertiary/aromatic N) is 2. The zero-order valence-corrected chi connectivity index (χ0v) is 28.5. The molecule has 4 aromatic carbocycles. The number of halogens is 1. The average molecular weight is 732 g/mol. The van der Waals surface area contributed by atoms with Crippen molar-refractivity contribution in [2.45, 2.75) is 18.9 Å². The number of aromatic carboxylic acids is 1. The Morgan fingerprint density at radius 2 is 1.28 bits per heavy atom. The van der Waals surface area contributed by atoms with E-state index in [0.29, 0.717) is 28.4 Å². The molecule has 0 aliphatic heterocycles. The highest BCUT2D eigenvalue weighted by molar-refractivity contribution is 9.08. The van der Waals surface area contributed by atoms with Crippen molar-refractivity contribution in [3.63, 3.8) is 0 Å². The number of phenolic OH excluding ortho intramolecular Hbond substituents is 1. The summed E-state index contributed by atoms with van der Waals surface area (Å²) in [5.41, 5.74) is 4.82. The van der Waals surface area contributed by atoms with Crippen molar-refractivity contribution in [2.24, 2.45) is 0 Å². The van der Waals surface area contributed by atoms with Gasteiger partial charge in [-0.15, -0.1) is 22.7 Å². The van der Waals surface area contributed by atoms with Crippen molar-refractivity contribution >= 4 is 50.5 Å². The van der Waals surface area contributed by atoms with Gasteiger partial charge in [0.1, 0.15) is 28.1 Å². The molecular weight excluding hydrogens is 700 g/mol. The first-order valence-corrected chi connectivity index (χ1v) is 17.2. The molecule has 0 fully saturated rings. The number of ether oxygens (including phenoxy) is 2. The Hall–Kier alpha value is -4.84. The summed E-state index contributed by atoms with van der Waals surface area (Å²) in [6, 6.07) is 35.1. The SMILES string of the molecule is CCOC(=O)c1csc(CBr)n1.O=C(O)c1csc(COc2cccc(-c3ccccc3)c2)n1.Oc1cccc(-c2ccccc2)c1. The van der Waals surface area contributed by atoms with Crippen molar-refractivity contribution in [1.29, 1.82) is 0 Å². The van der Waals surface area contributed by atoms with Gasteiger partial charge in [-0.05, 0) is 53.4 Å². The zero-order chi connectivity index (χ0) is 33.4. The summed E-state index contributed by atoms with van der Waals surface area (Å²) in [6.45, 7) is 2.42. The van der Waals surface area contributed by atoms with E-state index in [1.165, 1.54) is 28.1 Å². The molecule has 0 bridgehead atoms. The molecule has 240 valence electrons. The molecule has 0 aliphatic carbocycles. The third kappa shape index (κ3) is 11.2. The largest absolute Gasteiger partial charge is 0.508 e. The number of thiazole rings is 2.